The van der Waals surface area contributed by atoms with Crippen LogP contribution in [0.15, 0.2) is 170 Å². The summed E-state index contributed by atoms with van der Waals surface area (Å²) in [6, 6.07) is 60.2. The summed E-state index contributed by atoms with van der Waals surface area (Å²) < 4.78 is 6.90. The van der Waals surface area contributed by atoms with Gasteiger partial charge in [-0.25, -0.2) is 0 Å². The van der Waals surface area contributed by atoms with Gasteiger partial charge in [0.15, 0.2) is 0 Å². The van der Waals surface area contributed by atoms with Crippen molar-refractivity contribution in [1.82, 2.24) is 10.2 Å². The van der Waals surface area contributed by atoms with E-state index in [4.69, 9.17) is 9.84 Å². The Hall–Kier alpha value is -6.32. The molecule has 3 nitrogen and oxygen atoms in total. The van der Waals surface area contributed by atoms with E-state index < -0.39 is 5.41 Å². The van der Waals surface area contributed by atoms with Crippen LogP contribution in [0.25, 0.3) is 55.5 Å². The highest BCUT2D eigenvalue weighted by Gasteiger charge is 2.51. The molecule has 0 N–H and O–H groups in total. The molecule has 224 valence electrons. The number of ether oxygens (including phenoxy) is 1. The van der Waals surface area contributed by atoms with Crippen LogP contribution in [0.3, 0.4) is 0 Å². The molecule has 3 heteroatoms. The van der Waals surface area contributed by atoms with Gasteiger partial charge in [-0.1, -0.05) is 146 Å². The third-order valence-corrected chi connectivity index (χ3v) is 10.1. The summed E-state index contributed by atoms with van der Waals surface area (Å²) in [7, 11) is 0. The lowest BCUT2D eigenvalue weighted by atomic mass is 9.65. The number of hydrogen-bond acceptors (Lipinski definition) is 3. The lowest BCUT2D eigenvalue weighted by molar-refractivity contribution is 0.438. The van der Waals surface area contributed by atoms with E-state index in [9.17, 15) is 0 Å². The zero-order valence-electron chi connectivity index (χ0n) is 26.0. The Labute approximate surface area is 278 Å². The summed E-state index contributed by atoms with van der Waals surface area (Å²) in [5.41, 5.74) is 12.8. The van der Waals surface area contributed by atoms with Gasteiger partial charge in [-0.15, -0.1) is 10.2 Å². The topological polar surface area (TPSA) is 35.0 Å². The number of para-hydroxylation sites is 2. The second kappa shape index (κ2) is 10.3. The molecule has 0 bridgehead atoms. The molecule has 2 heterocycles. The van der Waals surface area contributed by atoms with Crippen LogP contribution in [0.4, 0.5) is 0 Å². The molecule has 10 rings (SSSR count). The Bertz CT molecular complexity index is 2500. The van der Waals surface area contributed by atoms with E-state index in [1.165, 1.54) is 38.6 Å². The van der Waals surface area contributed by atoms with Crippen molar-refractivity contribution in [2.75, 3.05) is 0 Å². The van der Waals surface area contributed by atoms with Crippen LogP contribution in [0.5, 0.6) is 11.5 Å². The van der Waals surface area contributed by atoms with Gasteiger partial charge in [0.1, 0.15) is 11.5 Å². The van der Waals surface area contributed by atoms with E-state index in [-0.39, 0.29) is 0 Å². The number of aromatic nitrogens is 2. The largest absolute Gasteiger partial charge is 0.456 e. The molecule has 48 heavy (non-hydrogen) atoms. The Kier molecular flexibility index (Phi) is 5.79. The van der Waals surface area contributed by atoms with Gasteiger partial charge in [0.2, 0.25) is 0 Å². The fraction of sp³-hybridized carbons (Fsp3) is 0.0222. The molecular weight excluding hydrogens is 585 g/mol. The predicted molar refractivity (Wildman–Crippen MR) is 193 cm³/mol. The summed E-state index contributed by atoms with van der Waals surface area (Å²) >= 11 is 0. The highest BCUT2D eigenvalue weighted by molar-refractivity contribution is 5.96. The van der Waals surface area contributed by atoms with Gasteiger partial charge in [-0.3, -0.25) is 0 Å². The summed E-state index contributed by atoms with van der Waals surface area (Å²) in [4.78, 5) is 0. The Morgan fingerprint density at radius 1 is 0.396 bits per heavy atom. The second-order valence-electron chi connectivity index (χ2n) is 12.5. The maximum absolute atomic E-state index is 6.90. The van der Waals surface area contributed by atoms with Crippen LogP contribution < -0.4 is 4.74 Å². The van der Waals surface area contributed by atoms with Crippen molar-refractivity contribution in [3.63, 3.8) is 0 Å². The van der Waals surface area contributed by atoms with Crippen LogP contribution in [0.1, 0.15) is 22.3 Å². The van der Waals surface area contributed by atoms with Crippen molar-refractivity contribution in [3.05, 3.63) is 192 Å². The average Bonchev–Trinajstić information content (AvgIpc) is 3.45. The van der Waals surface area contributed by atoms with E-state index in [1.807, 2.05) is 0 Å². The molecule has 1 aliphatic carbocycles. The molecule has 1 aliphatic heterocycles. The molecular formula is C45H28N2O. The number of rotatable bonds is 3. The van der Waals surface area contributed by atoms with Crippen molar-refractivity contribution in [2.24, 2.45) is 0 Å². The number of benzene rings is 7. The summed E-state index contributed by atoms with van der Waals surface area (Å²) in [6.07, 6.45) is 0. The first-order valence-corrected chi connectivity index (χ1v) is 16.3. The van der Waals surface area contributed by atoms with Gasteiger partial charge in [-0.05, 0) is 62.9 Å². The van der Waals surface area contributed by atoms with Crippen LogP contribution >= 0.6 is 0 Å². The van der Waals surface area contributed by atoms with Crippen LogP contribution in [0.2, 0.25) is 0 Å². The monoisotopic (exact) mass is 612 g/mol. The predicted octanol–water partition coefficient (Wildman–Crippen LogP) is 11.1. The van der Waals surface area contributed by atoms with Crippen molar-refractivity contribution in [2.45, 2.75) is 5.41 Å². The first kappa shape index (κ1) is 26.9. The average molecular weight is 613 g/mol. The van der Waals surface area contributed by atoms with Crippen molar-refractivity contribution in [1.29, 1.82) is 0 Å². The van der Waals surface area contributed by atoms with Crippen molar-refractivity contribution in [3.8, 4) is 56.3 Å². The summed E-state index contributed by atoms with van der Waals surface area (Å²) in [6.45, 7) is 0. The molecule has 1 spiro atoms. The zero-order chi connectivity index (χ0) is 31.7. The number of fused-ring (bicyclic) bond motifs is 10. The fourth-order valence-corrected chi connectivity index (χ4v) is 8.03. The van der Waals surface area contributed by atoms with Gasteiger partial charge < -0.3 is 4.74 Å². The molecule has 2 aliphatic rings. The molecule has 0 saturated carbocycles. The van der Waals surface area contributed by atoms with Crippen molar-refractivity contribution >= 4 is 10.8 Å². The molecule has 0 radical (unpaired) electrons. The summed E-state index contributed by atoms with van der Waals surface area (Å²) in [5, 5.41) is 11.8. The molecule has 1 aromatic heterocycles. The van der Waals surface area contributed by atoms with Crippen LogP contribution in [-0.2, 0) is 5.41 Å². The van der Waals surface area contributed by atoms with Crippen molar-refractivity contribution < 1.29 is 4.74 Å². The first-order valence-electron chi connectivity index (χ1n) is 16.3. The van der Waals surface area contributed by atoms with Crippen LogP contribution in [0, 0.1) is 0 Å². The van der Waals surface area contributed by atoms with Gasteiger partial charge in [0, 0.05) is 27.8 Å². The van der Waals surface area contributed by atoms with Gasteiger partial charge >= 0.3 is 0 Å². The standard InChI is InChI=1S/C45H28N2O/c1-2-16-32-29(12-1)13-10-20-36(32)42-27-26-41(46-47-42)31-15-9-14-30(28-31)33-19-11-24-40-44(33)48-43-25-8-7-23-39(43)45(40)37-21-5-3-17-34(37)35-18-4-6-22-38(35)45/h1-28H. The Morgan fingerprint density at radius 2 is 0.958 bits per heavy atom. The molecule has 0 amide bonds. The maximum Gasteiger partial charge on any atom is 0.140 e. The SMILES string of the molecule is c1cc(-c2ccc(-c3cccc4ccccc34)nn2)cc(-c2cccc3c2Oc2ccccc2C32c3ccccc3-c3ccccc32)c1. The summed E-state index contributed by atoms with van der Waals surface area (Å²) in [5.74, 6) is 1.77. The maximum atomic E-state index is 6.90. The Morgan fingerprint density at radius 3 is 1.77 bits per heavy atom. The van der Waals surface area contributed by atoms with E-state index in [1.54, 1.807) is 0 Å². The molecule has 0 atom stereocenters. The minimum absolute atomic E-state index is 0.492. The number of nitrogens with zero attached hydrogens (tertiary/aromatic N) is 2. The third-order valence-electron chi connectivity index (χ3n) is 10.1. The molecule has 0 saturated heterocycles. The highest BCUT2D eigenvalue weighted by Crippen LogP contribution is 2.63. The quantitative estimate of drug-likeness (QED) is 0.199. The van der Waals surface area contributed by atoms with E-state index in [0.29, 0.717) is 0 Å². The number of hydrogen-bond donors (Lipinski definition) is 0. The van der Waals surface area contributed by atoms with Gasteiger partial charge in [-0.2, -0.15) is 0 Å². The third kappa shape index (κ3) is 3.76. The minimum atomic E-state index is -0.492. The normalized spacial score (nSPS) is 13.3. The molecule has 7 aromatic carbocycles. The van der Waals surface area contributed by atoms with E-state index in [2.05, 4.69) is 175 Å². The lowest BCUT2D eigenvalue weighted by Gasteiger charge is -2.40. The highest BCUT2D eigenvalue weighted by atomic mass is 16.5. The molecule has 8 aromatic rings. The molecule has 0 fully saturated rings. The van der Waals surface area contributed by atoms with E-state index in [0.717, 1.165) is 50.7 Å². The molecule has 0 unspecified atom stereocenters. The second-order valence-corrected chi connectivity index (χ2v) is 12.5. The van der Waals surface area contributed by atoms with Crippen LogP contribution in [-0.4, -0.2) is 10.2 Å². The Balaban J connectivity index is 1.12. The fourth-order valence-electron chi connectivity index (χ4n) is 8.03. The van der Waals surface area contributed by atoms with Gasteiger partial charge in [0.05, 0.1) is 16.8 Å². The van der Waals surface area contributed by atoms with Gasteiger partial charge in [0.25, 0.3) is 0 Å². The lowest BCUT2D eigenvalue weighted by Crippen LogP contribution is -2.32. The minimum Gasteiger partial charge on any atom is -0.456 e. The first-order chi connectivity index (χ1) is 23.8. The smallest absolute Gasteiger partial charge is 0.140 e. The van der Waals surface area contributed by atoms with E-state index >= 15 is 0 Å². The zero-order valence-corrected chi connectivity index (χ0v) is 26.0.